The van der Waals surface area contributed by atoms with Gasteiger partial charge in [-0.1, -0.05) is 47.5 Å². The van der Waals surface area contributed by atoms with Crippen molar-refractivity contribution in [3.05, 3.63) is 92.2 Å². The Morgan fingerprint density at radius 2 is 1.88 bits per heavy atom. The van der Waals surface area contributed by atoms with Gasteiger partial charge in [0.15, 0.2) is 5.65 Å². The van der Waals surface area contributed by atoms with E-state index in [1.807, 2.05) is 18.2 Å². The van der Waals surface area contributed by atoms with E-state index in [1.54, 1.807) is 48.1 Å². The summed E-state index contributed by atoms with van der Waals surface area (Å²) in [6.07, 6.45) is 4.48. The van der Waals surface area contributed by atoms with Gasteiger partial charge in [-0.3, -0.25) is 4.40 Å². The molecule has 8 nitrogen and oxygen atoms in total. The first-order valence-electron chi connectivity index (χ1n) is 9.79. The summed E-state index contributed by atoms with van der Waals surface area (Å²) in [5, 5.41) is 9.64. The van der Waals surface area contributed by atoms with E-state index in [-0.39, 0.29) is 18.8 Å². The van der Waals surface area contributed by atoms with Gasteiger partial charge in [-0.15, -0.1) is 5.10 Å². The Hall–Kier alpha value is -3.36. The van der Waals surface area contributed by atoms with Gasteiger partial charge in [0.1, 0.15) is 11.8 Å². The summed E-state index contributed by atoms with van der Waals surface area (Å²) >= 11 is 12.7. The van der Waals surface area contributed by atoms with Crippen LogP contribution in [0.3, 0.4) is 0 Å². The molecule has 0 fully saturated rings. The largest absolute Gasteiger partial charge is 0.461 e. The number of rotatable bonds is 7. The Balaban J connectivity index is 1.38. The van der Waals surface area contributed by atoms with Crippen molar-refractivity contribution < 1.29 is 9.53 Å². The molecule has 0 radical (unpaired) electrons. The third kappa shape index (κ3) is 4.61. The number of nitrogens with zero attached hydrogens (tertiary/aromatic N) is 5. The molecule has 0 unspecified atom stereocenters. The Labute approximate surface area is 193 Å². The number of benzene rings is 1. The summed E-state index contributed by atoms with van der Waals surface area (Å²) in [5.41, 5.74) is 2.41. The quantitative estimate of drug-likeness (QED) is 0.303. The fourth-order valence-corrected chi connectivity index (χ4v) is 3.69. The highest BCUT2D eigenvalue weighted by Crippen LogP contribution is 2.24. The SMILES string of the molecule is Cc1nn(Cc2ccccc2Cl)c(Cl)c1C=CC(=O)OCCn1nc2ccccn2c1=O. The van der Waals surface area contributed by atoms with Gasteiger partial charge in [-0.25, -0.2) is 19.0 Å². The minimum atomic E-state index is -0.559. The second-order valence-corrected chi connectivity index (χ2v) is 7.74. The Bertz CT molecular complexity index is 1370. The zero-order valence-corrected chi connectivity index (χ0v) is 18.6. The average molecular weight is 472 g/mol. The first-order valence-corrected chi connectivity index (χ1v) is 10.5. The minimum absolute atomic E-state index is 0.00540. The van der Waals surface area contributed by atoms with Gasteiger partial charge in [0.05, 0.1) is 18.8 Å². The lowest BCUT2D eigenvalue weighted by Gasteiger charge is -2.05. The van der Waals surface area contributed by atoms with Crippen molar-refractivity contribution in [3.63, 3.8) is 0 Å². The number of carbonyl (C=O) groups is 1. The highest BCUT2D eigenvalue weighted by molar-refractivity contribution is 6.32. The molecule has 32 heavy (non-hydrogen) atoms. The zero-order chi connectivity index (χ0) is 22.7. The summed E-state index contributed by atoms with van der Waals surface area (Å²) in [5.74, 6) is -0.559. The van der Waals surface area contributed by atoms with E-state index >= 15 is 0 Å². The van der Waals surface area contributed by atoms with Crippen LogP contribution in [0.1, 0.15) is 16.8 Å². The lowest BCUT2D eigenvalue weighted by molar-refractivity contribution is -0.138. The van der Waals surface area contributed by atoms with Crippen molar-refractivity contribution in [1.29, 1.82) is 0 Å². The van der Waals surface area contributed by atoms with Crippen molar-refractivity contribution in [2.75, 3.05) is 6.61 Å². The number of pyridine rings is 1. The summed E-state index contributed by atoms with van der Waals surface area (Å²) in [4.78, 5) is 24.3. The summed E-state index contributed by atoms with van der Waals surface area (Å²) in [6, 6.07) is 12.7. The number of aryl methyl sites for hydroxylation is 1. The second-order valence-electron chi connectivity index (χ2n) is 6.97. The Morgan fingerprint density at radius 1 is 1.09 bits per heavy atom. The second kappa shape index (κ2) is 9.42. The molecule has 0 aliphatic rings. The first-order chi connectivity index (χ1) is 15.4. The van der Waals surface area contributed by atoms with E-state index in [1.165, 1.54) is 15.2 Å². The molecule has 4 aromatic rings. The highest BCUT2D eigenvalue weighted by Gasteiger charge is 2.13. The van der Waals surface area contributed by atoms with Crippen LogP contribution in [-0.2, 0) is 22.6 Å². The summed E-state index contributed by atoms with van der Waals surface area (Å²) in [7, 11) is 0. The number of esters is 1. The van der Waals surface area contributed by atoms with Crippen LogP contribution in [0.15, 0.2) is 59.5 Å². The molecule has 164 valence electrons. The predicted molar refractivity (Wildman–Crippen MR) is 122 cm³/mol. The van der Waals surface area contributed by atoms with Crippen LogP contribution in [0, 0.1) is 6.92 Å². The Morgan fingerprint density at radius 3 is 2.66 bits per heavy atom. The Kier molecular flexibility index (Phi) is 6.43. The van der Waals surface area contributed by atoms with Gasteiger partial charge in [-0.05, 0) is 36.8 Å². The van der Waals surface area contributed by atoms with Gasteiger partial charge in [-0.2, -0.15) is 5.10 Å². The normalized spacial score (nSPS) is 11.5. The average Bonchev–Trinajstić information content (AvgIpc) is 3.24. The van der Waals surface area contributed by atoms with Crippen molar-refractivity contribution in [1.82, 2.24) is 24.0 Å². The molecule has 1 aromatic carbocycles. The topological polar surface area (TPSA) is 83.4 Å². The van der Waals surface area contributed by atoms with Crippen molar-refractivity contribution in [2.24, 2.45) is 0 Å². The number of ether oxygens (including phenoxy) is 1. The highest BCUT2D eigenvalue weighted by atomic mass is 35.5. The maximum atomic E-state index is 12.2. The van der Waals surface area contributed by atoms with E-state index in [4.69, 9.17) is 27.9 Å². The molecule has 3 heterocycles. The van der Waals surface area contributed by atoms with Gasteiger partial charge >= 0.3 is 11.7 Å². The van der Waals surface area contributed by atoms with Crippen molar-refractivity contribution in [2.45, 2.75) is 20.0 Å². The lowest BCUT2D eigenvalue weighted by Crippen LogP contribution is -2.23. The molecule has 0 saturated heterocycles. The molecule has 0 amide bonds. The van der Waals surface area contributed by atoms with Crippen LogP contribution in [0.5, 0.6) is 0 Å². The third-order valence-electron chi connectivity index (χ3n) is 4.81. The number of carbonyl (C=O) groups excluding carboxylic acids is 1. The van der Waals surface area contributed by atoms with E-state index in [2.05, 4.69) is 10.2 Å². The maximum absolute atomic E-state index is 12.2. The van der Waals surface area contributed by atoms with Crippen LogP contribution in [0.25, 0.3) is 11.7 Å². The van der Waals surface area contributed by atoms with E-state index in [0.29, 0.717) is 33.6 Å². The third-order valence-corrected chi connectivity index (χ3v) is 5.58. The first kappa shape index (κ1) is 21.9. The number of halogens is 2. The van der Waals surface area contributed by atoms with Gasteiger partial charge in [0.2, 0.25) is 0 Å². The molecule has 0 spiro atoms. The van der Waals surface area contributed by atoms with Crippen molar-refractivity contribution in [3.8, 4) is 0 Å². The molecular formula is C22H19Cl2N5O3. The number of hydrogen-bond acceptors (Lipinski definition) is 5. The van der Waals surface area contributed by atoms with Crippen molar-refractivity contribution >= 4 is 40.9 Å². The fourth-order valence-electron chi connectivity index (χ4n) is 3.20. The lowest BCUT2D eigenvalue weighted by atomic mass is 10.2. The maximum Gasteiger partial charge on any atom is 0.350 e. The summed E-state index contributed by atoms with van der Waals surface area (Å²) in [6.45, 7) is 2.36. The smallest absolute Gasteiger partial charge is 0.350 e. The van der Waals surface area contributed by atoms with E-state index < -0.39 is 5.97 Å². The van der Waals surface area contributed by atoms with Crippen LogP contribution in [-0.4, -0.2) is 36.5 Å². The number of hydrogen-bond donors (Lipinski definition) is 0. The summed E-state index contributed by atoms with van der Waals surface area (Å²) < 4.78 is 9.50. The predicted octanol–water partition coefficient (Wildman–Crippen LogP) is 3.61. The fraction of sp³-hybridized carbons (Fsp3) is 0.182. The molecule has 0 aliphatic carbocycles. The number of fused-ring (bicyclic) bond motifs is 1. The molecule has 0 aliphatic heterocycles. The van der Waals surface area contributed by atoms with Gasteiger partial charge < -0.3 is 4.74 Å². The molecule has 0 bridgehead atoms. The van der Waals surface area contributed by atoms with Crippen LogP contribution in [0.2, 0.25) is 10.2 Å². The molecular weight excluding hydrogens is 453 g/mol. The molecule has 4 rings (SSSR count). The molecule has 0 N–H and O–H groups in total. The standard InChI is InChI=1S/C22H19Cl2N5O3/c1-15-17(21(24)29(25-15)14-16-6-2-3-7-18(16)23)9-10-20(30)32-13-12-28-22(31)27-11-5-4-8-19(27)26-28/h2-11H,12-14H2,1H3. The van der Waals surface area contributed by atoms with Gasteiger partial charge in [0.25, 0.3) is 0 Å². The van der Waals surface area contributed by atoms with Crippen LogP contribution >= 0.6 is 23.2 Å². The van der Waals surface area contributed by atoms with Gasteiger partial charge in [0, 0.05) is 22.9 Å². The minimum Gasteiger partial charge on any atom is -0.461 e. The zero-order valence-electron chi connectivity index (χ0n) is 17.1. The van der Waals surface area contributed by atoms with E-state index in [0.717, 1.165) is 5.56 Å². The van der Waals surface area contributed by atoms with Crippen LogP contribution in [0.4, 0.5) is 0 Å². The molecule has 0 saturated carbocycles. The molecule has 0 atom stereocenters. The number of aromatic nitrogens is 5. The van der Waals surface area contributed by atoms with E-state index in [9.17, 15) is 9.59 Å². The monoisotopic (exact) mass is 471 g/mol. The molecule has 3 aromatic heterocycles. The van der Waals surface area contributed by atoms with Crippen LogP contribution < -0.4 is 5.69 Å². The molecule has 10 heteroatoms.